The van der Waals surface area contributed by atoms with Gasteiger partial charge >= 0.3 is 5.97 Å². The minimum Gasteiger partial charge on any atom is -0.509 e. The molecule has 2 unspecified atom stereocenters. The third-order valence-electron chi connectivity index (χ3n) is 6.88. The number of allylic oxidation sites excluding steroid dienone is 1. The summed E-state index contributed by atoms with van der Waals surface area (Å²) in [6.07, 6.45) is 2.70. The number of amides is 2. The number of nitrogens with zero attached hydrogens (tertiary/aromatic N) is 4. The summed E-state index contributed by atoms with van der Waals surface area (Å²) in [6.45, 7) is 0.000343. The molecule has 2 aromatic carbocycles. The molecule has 0 aliphatic carbocycles. The zero-order valence-electron chi connectivity index (χ0n) is 21.8. The number of halogens is 1. The molecule has 0 radical (unpaired) electrons. The van der Waals surface area contributed by atoms with Gasteiger partial charge < -0.3 is 20.1 Å². The highest BCUT2D eigenvalue weighted by Gasteiger charge is 2.57. The van der Waals surface area contributed by atoms with Crippen LogP contribution in [0.25, 0.3) is 6.08 Å². The average Bonchev–Trinajstić information content (AvgIpc) is 3.56. The van der Waals surface area contributed by atoms with Gasteiger partial charge in [-0.25, -0.2) is 0 Å². The Morgan fingerprint density at radius 1 is 1.19 bits per heavy atom. The summed E-state index contributed by atoms with van der Waals surface area (Å²) in [7, 11) is 0. The van der Waals surface area contributed by atoms with Crippen molar-refractivity contribution >= 4 is 63.1 Å². The molecular formula is C28H24BrN5O6S2. The van der Waals surface area contributed by atoms with E-state index in [1.54, 1.807) is 17.5 Å². The number of nitroso groups, excluding NO2 is 1. The van der Waals surface area contributed by atoms with Gasteiger partial charge in [0.25, 0.3) is 5.91 Å². The van der Waals surface area contributed by atoms with Crippen molar-refractivity contribution in [2.24, 2.45) is 10.6 Å². The van der Waals surface area contributed by atoms with Gasteiger partial charge in [0.1, 0.15) is 22.6 Å². The lowest BCUT2D eigenvalue weighted by atomic mass is 9.86. The van der Waals surface area contributed by atoms with Crippen molar-refractivity contribution in [2.45, 2.75) is 17.5 Å². The number of rotatable bonds is 10. The van der Waals surface area contributed by atoms with E-state index in [9.17, 15) is 24.4 Å². The van der Waals surface area contributed by atoms with Crippen LogP contribution in [0.1, 0.15) is 22.9 Å². The minimum absolute atomic E-state index is 0.000343. The molecule has 2 saturated heterocycles. The van der Waals surface area contributed by atoms with Crippen LogP contribution in [0.2, 0.25) is 0 Å². The topological polar surface area (TPSA) is 151 Å². The van der Waals surface area contributed by atoms with E-state index >= 15 is 0 Å². The monoisotopic (exact) mass is 669 g/mol. The fourth-order valence-corrected chi connectivity index (χ4v) is 6.88. The Kier molecular flexibility index (Phi) is 9.14. The van der Waals surface area contributed by atoms with Gasteiger partial charge in [-0.15, -0.1) is 21.8 Å². The lowest BCUT2D eigenvalue weighted by Crippen LogP contribution is -2.73. The van der Waals surface area contributed by atoms with Crippen LogP contribution in [-0.4, -0.2) is 66.4 Å². The zero-order valence-corrected chi connectivity index (χ0v) is 25.0. The smallest absolute Gasteiger partial charge is 0.319 e. The number of hydrogen-bond donors (Lipinski definition) is 2. The summed E-state index contributed by atoms with van der Waals surface area (Å²) in [6, 6.07) is 17.8. The number of benzene rings is 2. The number of carbonyl (C=O) groups excluding carboxylic acids is 3. The molecular weight excluding hydrogens is 646 g/mol. The largest absolute Gasteiger partial charge is 0.509 e. The molecule has 3 atom stereocenters. The molecule has 42 heavy (non-hydrogen) atoms. The highest BCUT2D eigenvalue weighted by molar-refractivity contribution is 9.09. The maximum atomic E-state index is 14.1. The zero-order chi connectivity index (χ0) is 29.7. The highest BCUT2D eigenvalue weighted by atomic mass is 79.9. The second-order valence-electron chi connectivity index (χ2n) is 9.57. The van der Waals surface area contributed by atoms with Crippen LogP contribution >= 0.6 is 39.2 Å². The molecule has 3 aromatic rings. The first-order valence-corrected chi connectivity index (χ1v) is 15.7. The summed E-state index contributed by atoms with van der Waals surface area (Å²) in [5, 5.41) is 20.0. The molecule has 11 nitrogen and oxygen atoms in total. The number of β-lactam (4-membered cyclic amide) rings is 1. The third kappa shape index (κ3) is 6.01. The fourth-order valence-electron chi connectivity index (χ4n) is 4.68. The van der Waals surface area contributed by atoms with Crippen molar-refractivity contribution in [3.63, 3.8) is 0 Å². The maximum absolute atomic E-state index is 14.1. The molecule has 0 bridgehead atoms. The number of carbonyl (C=O) groups is 3. The Hall–Kier alpha value is -3.88. The van der Waals surface area contributed by atoms with Crippen molar-refractivity contribution in [1.29, 1.82) is 0 Å². The van der Waals surface area contributed by atoms with Crippen LogP contribution in [0, 0.1) is 10.3 Å². The molecule has 3 heterocycles. The average molecular weight is 671 g/mol. The molecule has 2 fully saturated rings. The van der Waals surface area contributed by atoms with Crippen molar-refractivity contribution < 1.29 is 24.2 Å². The van der Waals surface area contributed by atoms with Gasteiger partial charge in [-0.05, 0) is 33.9 Å². The number of fused-ring (bicyclic) bond motifs is 1. The van der Waals surface area contributed by atoms with E-state index in [0.29, 0.717) is 5.69 Å². The number of esters is 1. The summed E-state index contributed by atoms with van der Waals surface area (Å²) in [5.41, 5.74) is 0.214. The lowest BCUT2D eigenvalue weighted by Gasteiger charge is -2.53. The van der Waals surface area contributed by atoms with E-state index < -0.39 is 52.2 Å². The number of ether oxygens (including phenoxy) is 1. The SMILES string of the molecule is O=NC(C(=O)NC1C(=O)N2CC(C=Cc3csnn3)(C(=O)OC(c3ccccc3)c3ccccc3)CS[C@H]12)=C(O)CBr. The molecule has 0 spiro atoms. The van der Waals surface area contributed by atoms with Crippen LogP contribution < -0.4 is 5.32 Å². The number of nitrogens with one attached hydrogen (secondary N) is 1. The number of thioether (sulfide) groups is 1. The first kappa shape index (κ1) is 29.6. The van der Waals surface area contributed by atoms with Crippen molar-refractivity contribution in [2.75, 3.05) is 17.6 Å². The Morgan fingerprint density at radius 2 is 1.86 bits per heavy atom. The number of hydrogen-bond acceptors (Lipinski definition) is 11. The van der Waals surface area contributed by atoms with Gasteiger partial charge in [0.05, 0.1) is 11.0 Å². The summed E-state index contributed by atoms with van der Waals surface area (Å²) in [5.74, 6) is -2.23. The molecule has 2 aliphatic rings. The maximum Gasteiger partial charge on any atom is 0.319 e. The highest BCUT2D eigenvalue weighted by Crippen LogP contribution is 2.45. The predicted octanol–water partition coefficient (Wildman–Crippen LogP) is 4.20. The van der Waals surface area contributed by atoms with E-state index in [2.05, 4.69) is 36.0 Å². The van der Waals surface area contributed by atoms with Crippen LogP contribution in [0.4, 0.5) is 0 Å². The Labute approximate surface area is 257 Å². The Balaban J connectivity index is 1.40. The molecule has 2 amide bonds. The molecule has 2 N–H and O–H groups in total. The number of aliphatic hydroxyl groups excluding tert-OH is 1. The van der Waals surface area contributed by atoms with E-state index in [-0.39, 0.29) is 17.6 Å². The van der Waals surface area contributed by atoms with Gasteiger partial charge in [-0.3, -0.25) is 14.4 Å². The molecule has 0 saturated carbocycles. The van der Waals surface area contributed by atoms with Crippen LogP contribution in [0.15, 0.2) is 88.8 Å². The third-order valence-corrected chi connectivity index (χ3v) is 9.49. The summed E-state index contributed by atoms with van der Waals surface area (Å²) < 4.78 is 10.1. The van der Waals surface area contributed by atoms with Gasteiger partial charge in [0.15, 0.2) is 6.10 Å². The second-order valence-corrected chi connectivity index (χ2v) is 11.8. The van der Waals surface area contributed by atoms with Crippen molar-refractivity contribution in [1.82, 2.24) is 19.8 Å². The Morgan fingerprint density at radius 3 is 2.43 bits per heavy atom. The normalized spacial score (nSPS) is 22.2. The van der Waals surface area contributed by atoms with E-state index in [4.69, 9.17) is 4.74 Å². The van der Waals surface area contributed by atoms with Gasteiger partial charge in [0, 0.05) is 17.7 Å². The first-order chi connectivity index (χ1) is 20.4. The molecule has 2 aliphatic heterocycles. The van der Waals surface area contributed by atoms with E-state index in [1.807, 2.05) is 60.7 Å². The quantitative estimate of drug-likeness (QED) is 0.0808. The number of aliphatic hydroxyl groups is 1. The lowest BCUT2D eigenvalue weighted by molar-refractivity contribution is -0.162. The molecule has 216 valence electrons. The molecule has 1 aromatic heterocycles. The first-order valence-electron chi connectivity index (χ1n) is 12.7. The van der Waals surface area contributed by atoms with Crippen LogP contribution in [-0.2, 0) is 19.1 Å². The molecule has 5 rings (SSSR count). The van der Waals surface area contributed by atoms with Gasteiger partial charge in [0.2, 0.25) is 11.6 Å². The number of alkyl halides is 1. The molecule has 14 heteroatoms. The van der Waals surface area contributed by atoms with Gasteiger partial charge in [-0.2, -0.15) is 0 Å². The second kappa shape index (κ2) is 13.0. The van der Waals surface area contributed by atoms with Crippen molar-refractivity contribution in [3.05, 3.63) is 105 Å². The van der Waals surface area contributed by atoms with Crippen LogP contribution in [0.5, 0.6) is 0 Å². The minimum atomic E-state index is -1.24. The summed E-state index contributed by atoms with van der Waals surface area (Å²) >= 11 is 5.44. The standard InChI is InChI=1S/C28H24BrN5O6S2/c29-13-20(35)21(32-39)24(36)30-22-25(37)34-15-28(16-41-26(22)34,12-11-19-14-42-33-31-19)27(38)40-23(17-7-3-1-4-8-17)18-9-5-2-6-10-18/h1-12,14,22-23,26,35H,13,15-16H2,(H,30,36)/t22?,26-,28?/m1/s1. The number of aromatic nitrogens is 2. The summed E-state index contributed by atoms with van der Waals surface area (Å²) in [4.78, 5) is 52.4. The Bertz CT molecular complexity index is 1480. The van der Waals surface area contributed by atoms with Gasteiger partial charge in [-0.1, -0.05) is 87.2 Å². The predicted molar refractivity (Wildman–Crippen MR) is 161 cm³/mol. The van der Waals surface area contributed by atoms with E-state index in [0.717, 1.165) is 11.1 Å². The van der Waals surface area contributed by atoms with E-state index in [1.165, 1.54) is 28.2 Å². The van der Waals surface area contributed by atoms with Crippen molar-refractivity contribution in [3.8, 4) is 0 Å². The van der Waals surface area contributed by atoms with Crippen LogP contribution in [0.3, 0.4) is 0 Å². The fraction of sp³-hybridized carbons (Fsp3) is 0.250.